The smallest absolute Gasteiger partial charge is 0.326 e. The van der Waals surface area contributed by atoms with Crippen molar-refractivity contribution in [1.29, 1.82) is 0 Å². The molecule has 1 atom stereocenters. The highest BCUT2D eigenvalue weighted by atomic mass is 35.5. The second kappa shape index (κ2) is 5.37. The summed E-state index contributed by atoms with van der Waals surface area (Å²) in [5, 5.41) is 20.4. The number of aliphatic carboxylic acids is 2. The van der Waals surface area contributed by atoms with E-state index in [4.69, 9.17) is 21.8 Å². The number of carboxylic acid groups (broad SMARTS) is 2. The molecule has 0 saturated carbocycles. The number of carbonyl (C=O) groups is 2. The second-order valence-electron chi connectivity index (χ2n) is 3.14. The number of nitrogens with one attached hydrogen (secondary N) is 1. The maximum Gasteiger partial charge on any atom is 0.326 e. The Hall–Kier alpha value is -1.75. The maximum atomic E-state index is 10.8. The standard InChI is InChI=1S/C10H10ClNO4/c11-6-1-3-7(4-2-6)12-8(10(15)16)5-9(13)14/h1-4,8,12H,5H2,(H,13,14)(H,15,16). The number of carboxylic acids is 2. The Bertz CT molecular complexity index is 390. The zero-order chi connectivity index (χ0) is 12.1. The van der Waals surface area contributed by atoms with Crippen molar-refractivity contribution in [3.63, 3.8) is 0 Å². The van der Waals surface area contributed by atoms with Gasteiger partial charge in [0.1, 0.15) is 6.04 Å². The lowest BCUT2D eigenvalue weighted by Crippen LogP contribution is -2.31. The van der Waals surface area contributed by atoms with Crippen molar-refractivity contribution in [2.24, 2.45) is 0 Å². The van der Waals surface area contributed by atoms with Gasteiger partial charge in [-0.25, -0.2) is 4.79 Å². The van der Waals surface area contributed by atoms with Gasteiger partial charge in [-0.05, 0) is 24.3 Å². The van der Waals surface area contributed by atoms with Crippen LogP contribution in [0.4, 0.5) is 5.69 Å². The molecule has 0 radical (unpaired) electrons. The number of hydrogen-bond donors (Lipinski definition) is 3. The minimum absolute atomic E-state index is 0.488. The fraction of sp³-hybridized carbons (Fsp3) is 0.200. The first-order valence-electron chi connectivity index (χ1n) is 4.45. The predicted molar refractivity (Wildman–Crippen MR) is 58.8 cm³/mol. The van der Waals surface area contributed by atoms with Gasteiger partial charge in [0.25, 0.3) is 0 Å². The van der Waals surface area contributed by atoms with Gasteiger partial charge in [0, 0.05) is 10.7 Å². The van der Waals surface area contributed by atoms with Crippen molar-refractivity contribution in [1.82, 2.24) is 0 Å². The Balaban J connectivity index is 2.71. The Morgan fingerprint density at radius 2 is 1.81 bits per heavy atom. The highest BCUT2D eigenvalue weighted by Crippen LogP contribution is 2.15. The summed E-state index contributed by atoms with van der Waals surface area (Å²) in [6, 6.07) is 5.19. The molecule has 5 nitrogen and oxygen atoms in total. The van der Waals surface area contributed by atoms with E-state index >= 15 is 0 Å². The fourth-order valence-electron chi connectivity index (χ4n) is 1.12. The molecular weight excluding hydrogens is 234 g/mol. The minimum Gasteiger partial charge on any atom is -0.481 e. The van der Waals surface area contributed by atoms with Gasteiger partial charge in [0.2, 0.25) is 0 Å². The summed E-state index contributed by atoms with van der Waals surface area (Å²) in [6.45, 7) is 0. The summed E-state index contributed by atoms with van der Waals surface area (Å²) >= 11 is 5.66. The van der Waals surface area contributed by atoms with Crippen LogP contribution in [0, 0.1) is 0 Å². The molecule has 0 saturated heterocycles. The first kappa shape index (κ1) is 12.3. The Kier molecular flexibility index (Phi) is 4.13. The average molecular weight is 244 g/mol. The molecule has 1 aromatic carbocycles. The normalized spacial score (nSPS) is 11.8. The summed E-state index contributed by atoms with van der Waals surface area (Å²) in [6.07, 6.45) is -0.488. The van der Waals surface area contributed by atoms with Gasteiger partial charge in [-0.1, -0.05) is 11.6 Å². The van der Waals surface area contributed by atoms with E-state index < -0.39 is 24.4 Å². The number of hydrogen-bond acceptors (Lipinski definition) is 3. The molecule has 1 rings (SSSR count). The van der Waals surface area contributed by atoms with E-state index in [1.54, 1.807) is 24.3 Å². The second-order valence-corrected chi connectivity index (χ2v) is 3.58. The predicted octanol–water partition coefficient (Wildman–Crippen LogP) is 1.68. The first-order chi connectivity index (χ1) is 7.49. The summed E-state index contributed by atoms with van der Waals surface area (Å²) in [4.78, 5) is 21.2. The Morgan fingerprint density at radius 3 is 2.25 bits per heavy atom. The molecule has 6 heteroatoms. The van der Waals surface area contributed by atoms with Crippen LogP contribution in [0.5, 0.6) is 0 Å². The first-order valence-corrected chi connectivity index (χ1v) is 4.83. The number of benzene rings is 1. The zero-order valence-corrected chi connectivity index (χ0v) is 8.94. The van der Waals surface area contributed by atoms with Crippen LogP contribution in [0.3, 0.4) is 0 Å². The Morgan fingerprint density at radius 1 is 1.25 bits per heavy atom. The lowest BCUT2D eigenvalue weighted by Gasteiger charge is -2.13. The molecule has 3 N–H and O–H groups in total. The fourth-order valence-corrected chi connectivity index (χ4v) is 1.25. The molecule has 1 aromatic rings. The van der Waals surface area contributed by atoms with Crippen molar-refractivity contribution < 1.29 is 19.8 Å². The summed E-state index contributed by atoms with van der Waals surface area (Å²) in [5.74, 6) is -2.38. The quantitative estimate of drug-likeness (QED) is 0.732. The minimum atomic E-state index is -1.21. The van der Waals surface area contributed by atoms with E-state index in [1.165, 1.54) is 0 Å². The molecule has 0 spiro atoms. The van der Waals surface area contributed by atoms with E-state index in [1.807, 2.05) is 0 Å². The molecule has 0 amide bonds. The molecule has 0 aliphatic carbocycles. The van der Waals surface area contributed by atoms with Gasteiger partial charge in [-0.15, -0.1) is 0 Å². The number of anilines is 1. The largest absolute Gasteiger partial charge is 0.481 e. The molecule has 0 aliphatic rings. The summed E-state index contributed by atoms with van der Waals surface area (Å²) < 4.78 is 0. The lowest BCUT2D eigenvalue weighted by atomic mass is 10.2. The van der Waals surface area contributed by atoms with Gasteiger partial charge >= 0.3 is 11.9 Å². The van der Waals surface area contributed by atoms with E-state index in [0.717, 1.165) is 0 Å². The van der Waals surface area contributed by atoms with Crippen LogP contribution in [0.2, 0.25) is 5.02 Å². The molecule has 0 heterocycles. The number of rotatable bonds is 5. The summed E-state index contributed by atoms with van der Waals surface area (Å²) in [7, 11) is 0. The van der Waals surface area contributed by atoms with Crippen molar-refractivity contribution >= 4 is 29.2 Å². The lowest BCUT2D eigenvalue weighted by molar-refractivity contribution is -0.144. The van der Waals surface area contributed by atoms with Crippen molar-refractivity contribution in [2.45, 2.75) is 12.5 Å². The van der Waals surface area contributed by atoms with Gasteiger partial charge < -0.3 is 15.5 Å². The molecule has 0 fully saturated rings. The van der Waals surface area contributed by atoms with Crippen LogP contribution in [0.15, 0.2) is 24.3 Å². The van der Waals surface area contributed by atoms with Gasteiger partial charge in [0.15, 0.2) is 0 Å². The third kappa shape index (κ3) is 3.78. The third-order valence-corrected chi connectivity index (χ3v) is 2.11. The monoisotopic (exact) mass is 243 g/mol. The van der Waals surface area contributed by atoms with E-state index in [9.17, 15) is 9.59 Å². The molecule has 0 aliphatic heterocycles. The SMILES string of the molecule is O=C(O)CC(Nc1ccc(Cl)cc1)C(=O)O. The zero-order valence-electron chi connectivity index (χ0n) is 8.18. The van der Waals surface area contributed by atoms with E-state index in [2.05, 4.69) is 5.32 Å². The van der Waals surface area contributed by atoms with Crippen molar-refractivity contribution in [3.8, 4) is 0 Å². The molecule has 0 aromatic heterocycles. The van der Waals surface area contributed by atoms with Crippen molar-refractivity contribution in [3.05, 3.63) is 29.3 Å². The topological polar surface area (TPSA) is 86.6 Å². The van der Waals surface area contributed by atoms with Crippen LogP contribution in [0.25, 0.3) is 0 Å². The van der Waals surface area contributed by atoms with E-state index in [-0.39, 0.29) is 0 Å². The highest BCUT2D eigenvalue weighted by molar-refractivity contribution is 6.30. The molecule has 86 valence electrons. The molecule has 1 unspecified atom stereocenters. The van der Waals surface area contributed by atoms with Crippen LogP contribution >= 0.6 is 11.6 Å². The van der Waals surface area contributed by atoms with Gasteiger partial charge in [0.05, 0.1) is 6.42 Å². The molecular formula is C10H10ClNO4. The van der Waals surface area contributed by atoms with Crippen LogP contribution in [-0.2, 0) is 9.59 Å². The Labute approximate surface area is 96.7 Å². The van der Waals surface area contributed by atoms with E-state index in [0.29, 0.717) is 10.7 Å². The maximum absolute atomic E-state index is 10.8. The molecule has 16 heavy (non-hydrogen) atoms. The summed E-state index contributed by atoms with van der Waals surface area (Å²) in [5.41, 5.74) is 0.512. The molecule has 0 bridgehead atoms. The number of halogens is 1. The highest BCUT2D eigenvalue weighted by Gasteiger charge is 2.20. The van der Waals surface area contributed by atoms with Gasteiger partial charge in [-0.3, -0.25) is 4.79 Å². The van der Waals surface area contributed by atoms with Crippen LogP contribution in [-0.4, -0.2) is 28.2 Å². The van der Waals surface area contributed by atoms with Crippen molar-refractivity contribution in [2.75, 3.05) is 5.32 Å². The van der Waals surface area contributed by atoms with Crippen LogP contribution in [0.1, 0.15) is 6.42 Å². The van der Waals surface area contributed by atoms with Crippen LogP contribution < -0.4 is 5.32 Å². The third-order valence-electron chi connectivity index (χ3n) is 1.86. The average Bonchev–Trinajstić information content (AvgIpc) is 2.19. The van der Waals surface area contributed by atoms with Gasteiger partial charge in [-0.2, -0.15) is 0 Å².